The molecule has 1 amide bonds. The van der Waals surface area contributed by atoms with E-state index in [1.165, 1.54) is 12.8 Å². The van der Waals surface area contributed by atoms with Crippen molar-refractivity contribution < 1.29 is 22.5 Å². The van der Waals surface area contributed by atoms with Gasteiger partial charge in [-0.05, 0) is 37.5 Å². The molecule has 1 aliphatic heterocycles. The number of hydrogen-bond acceptors (Lipinski definition) is 3. The molecular weight excluding hydrogens is 357 g/mol. The predicted octanol–water partition coefficient (Wildman–Crippen LogP) is 4.27. The average Bonchev–Trinajstić information content (AvgIpc) is 3.27. The van der Waals surface area contributed by atoms with Gasteiger partial charge in [0.2, 0.25) is 5.91 Å². The van der Waals surface area contributed by atoms with Crippen LogP contribution in [0.25, 0.3) is 0 Å². The zero-order chi connectivity index (χ0) is 19.1. The van der Waals surface area contributed by atoms with E-state index >= 15 is 0 Å². The van der Waals surface area contributed by atoms with E-state index in [1.807, 2.05) is 6.92 Å². The Morgan fingerprint density at radius 1 is 1.22 bits per heavy atom. The summed E-state index contributed by atoms with van der Waals surface area (Å²) in [5.74, 6) is -3.10. The first-order valence-electron chi connectivity index (χ1n) is 9.34. The van der Waals surface area contributed by atoms with Crippen LogP contribution in [-0.2, 0) is 24.2 Å². The van der Waals surface area contributed by atoms with Gasteiger partial charge in [-0.3, -0.25) is 4.79 Å². The van der Waals surface area contributed by atoms with Gasteiger partial charge in [-0.25, -0.2) is 13.2 Å². The molecule has 1 saturated carbocycles. The number of rotatable bonds is 3. The van der Waals surface area contributed by atoms with Gasteiger partial charge in [0.15, 0.2) is 17.5 Å². The molecule has 27 heavy (non-hydrogen) atoms. The van der Waals surface area contributed by atoms with Crippen molar-refractivity contribution in [2.45, 2.75) is 64.0 Å². The van der Waals surface area contributed by atoms with E-state index in [1.54, 1.807) is 4.90 Å². The van der Waals surface area contributed by atoms with Crippen LogP contribution in [0.2, 0.25) is 0 Å². The van der Waals surface area contributed by atoms with Crippen LogP contribution in [-0.4, -0.2) is 22.0 Å². The first kappa shape index (κ1) is 18.1. The van der Waals surface area contributed by atoms with Gasteiger partial charge >= 0.3 is 0 Å². The Bertz CT molecular complexity index is 851. The normalized spacial score (nSPS) is 20.1. The maximum atomic E-state index is 13.4. The molecule has 2 aromatic rings. The van der Waals surface area contributed by atoms with Gasteiger partial charge in [0, 0.05) is 23.9 Å². The van der Waals surface area contributed by atoms with E-state index in [0.29, 0.717) is 18.9 Å². The summed E-state index contributed by atoms with van der Waals surface area (Å²) in [7, 11) is 0. The standard InChI is InChI=1S/C20H21F3N2O2/c1-11-6-17-14(20(27-24-17)13-4-2-3-5-13)10-25(11)18(26)9-12-7-15(21)19(23)16(22)8-12/h7-8,11,13H,2-6,9-10H2,1H3/t11-/m0/s1. The SMILES string of the molecule is C[C@H]1Cc2noc(C3CCCC3)c2CN1C(=O)Cc1cc(F)c(F)c(F)c1. The highest BCUT2D eigenvalue weighted by Gasteiger charge is 2.34. The second-order valence-corrected chi connectivity index (χ2v) is 7.58. The van der Waals surface area contributed by atoms with Gasteiger partial charge in [0.25, 0.3) is 0 Å². The van der Waals surface area contributed by atoms with Crippen LogP contribution in [0.4, 0.5) is 13.2 Å². The van der Waals surface area contributed by atoms with Gasteiger partial charge in [0.1, 0.15) is 5.76 Å². The van der Waals surface area contributed by atoms with Crippen molar-refractivity contribution in [1.29, 1.82) is 0 Å². The molecule has 7 heteroatoms. The Hall–Kier alpha value is -2.31. The Morgan fingerprint density at radius 3 is 2.56 bits per heavy atom. The van der Waals surface area contributed by atoms with Crippen molar-refractivity contribution in [3.63, 3.8) is 0 Å². The Labute approximate surface area is 155 Å². The molecule has 0 saturated heterocycles. The number of benzene rings is 1. The third-order valence-electron chi connectivity index (χ3n) is 5.69. The van der Waals surface area contributed by atoms with Crippen molar-refractivity contribution in [2.24, 2.45) is 0 Å². The predicted molar refractivity (Wildman–Crippen MR) is 91.4 cm³/mol. The van der Waals surface area contributed by atoms with Crippen molar-refractivity contribution in [3.05, 3.63) is 52.2 Å². The number of aromatic nitrogens is 1. The maximum Gasteiger partial charge on any atom is 0.227 e. The van der Waals surface area contributed by atoms with Crippen LogP contribution in [0.1, 0.15) is 61.1 Å². The van der Waals surface area contributed by atoms with Crippen molar-refractivity contribution >= 4 is 5.91 Å². The van der Waals surface area contributed by atoms with Gasteiger partial charge in [0.05, 0.1) is 18.7 Å². The minimum atomic E-state index is -1.52. The molecule has 2 aliphatic rings. The minimum absolute atomic E-state index is 0.0957. The molecule has 144 valence electrons. The lowest BCUT2D eigenvalue weighted by Gasteiger charge is -2.33. The fourth-order valence-electron chi connectivity index (χ4n) is 4.23. The van der Waals surface area contributed by atoms with E-state index in [0.717, 1.165) is 42.0 Å². The van der Waals surface area contributed by atoms with Crippen molar-refractivity contribution in [3.8, 4) is 0 Å². The van der Waals surface area contributed by atoms with E-state index in [2.05, 4.69) is 5.16 Å². The monoisotopic (exact) mass is 378 g/mol. The third-order valence-corrected chi connectivity index (χ3v) is 5.69. The molecule has 0 radical (unpaired) electrons. The van der Waals surface area contributed by atoms with E-state index in [-0.39, 0.29) is 23.9 Å². The van der Waals surface area contributed by atoms with Gasteiger partial charge < -0.3 is 9.42 Å². The zero-order valence-corrected chi connectivity index (χ0v) is 15.1. The number of amides is 1. The first-order valence-corrected chi connectivity index (χ1v) is 9.34. The van der Waals surface area contributed by atoms with Crippen LogP contribution in [0.3, 0.4) is 0 Å². The smallest absolute Gasteiger partial charge is 0.227 e. The number of hydrogen-bond donors (Lipinski definition) is 0. The number of carbonyl (C=O) groups is 1. The maximum absolute atomic E-state index is 13.4. The fraction of sp³-hybridized carbons (Fsp3) is 0.500. The van der Waals surface area contributed by atoms with E-state index in [4.69, 9.17) is 4.52 Å². The summed E-state index contributed by atoms with van der Waals surface area (Å²) in [6.07, 6.45) is 4.88. The number of halogens is 3. The van der Waals surface area contributed by atoms with E-state index < -0.39 is 17.5 Å². The quantitative estimate of drug-likeness (QED) is 0.750. The highest BCUT2D eigenvalue weighted by Crippen LogP contribution is 2.39. The van der Waals surface area contributed by atoms with Crippen LogP contribution < -0.4 is 0 Å². The molecule has 1 aromatic heterocycles. The molecule has 2 heterocycles. The molecule has 0 bridgehead atoms. The van der Waals surface area contributed by atoms with Gasteiger partial charge in [-0.15, -0.1) is 0 Å². The third kappa shape index (κ3) is 3.35. The number of carbonyl (C=O) groups excluding carboxylic acids is 1. The van der Waals surface area contributed by atoms with Crippen LogP contribution >= 0.6 is 0 Å². The fourth-order valence-corrected chi connectivity index (χ4v) is 4.23. The zero-order valence-electron chi connectivity index (χ0n) is 15.1. The molecule has 1 aromatic carbocycles. The Balaban J connectivity index is 1.54. The summed E-state index contributed by atoms with van der Waals surface area (Å²) >= 11 is 0. The summed E-state index contributed by atoms with van der Waals surface area (Å²) in [4.78, 5) is 14.5. The lowest BCUT2D eigenvalue weighted by atomic mass is 9.93. The van der Waals surface area contributed by atoms with Gasteiger partial charge in [-0.1, -0.05) is 18.0 Å². The molecule has 0 spiro atoms. The molecule has 1 atom stereocenters. The Kier molecular flexibility index (Phi) is 4.70. The molecule has 1 fully saturated rings. The largest absolute Gasteiger partial charge is 0.360 e. The second-order valence-electron chi connectivity index (χ2n) is 7.58. The molecule has 0 unspecified atom stereocenters. The minimum Gasteiger partial charge on any atom is -0.360 e. The van der Waals surface area contributed by atoms with Crippen LogP contribution in [0.15, 0.2) is 16.7 Å². The van der Waals surface area contributed by atoms with Crippen molar-refractivity contribution in [1.82, 2.24) is 10.1 Å². The lowest BCUT2D eigenvalue weighted by Crippen LogP contribution is -2.43. The summed E-state index contributed by atoms with van der Waals surface area (Å²) in [6, 6.07) is 1.65. The highest BCUT2D eigenvalue weighted by molar-refractivity contribution is 5.79. The van der Waals surface area contributed by atoms with Crippen LogP contribution in [0, 0.1) is 17.5 Å². The topological polar surface area (TPSA) is 46.3 Å². The lowest BCUT2D eigenvalue weighted by molar-refractivity contribution is -0.133. The first-order chi connectivity index (χ1) is 12.9. The molecular formula is C20H21F3N2O2. The second kappa shape index (κ2) is 7.02. The highest BCUT2D eigenvalue weighted by atomic mass is 19.2. The Morgan fingerprint density at radius 2 is 1.89 bits per heavy atom. The number of fused-ring (bicyclic) bond motifs is 1. The molecule has 0 N–H and O–H groups in total. The molecule has 4 rings (SSSR count). The molecule has 1 aliphatic carbocycles. The summed E-state index contributed by atoms with van der Waals surface area (Å²) in [5.41, 5.74) is 1.99. The summed E-state index contributed by atoms with van der Waals surface area (Å²) in [5, 5.41) is 4.21. The summed E-state index contributed by atoms with van der Waals surface area (Å²) < 4.78 is 45.6. The van der Waals surface area contributed by atoms with E-state index in [9.17, 15) is 18.0 Å². The van der Waals surface area contributed by atoms with Crippen LogP contribution in [0.5, 0.6) is 0 Å². The average molecular weight is 378 g/mol. The number of nitrogens with zero attached hydrogens (tertiary/aromatic N) is 2. The van der Waals surface area contributed by atoms with Crippen molar-refractivity contribution in [2.75, 3.05) is 0 Å². The molecule has 4 nitrogen and oxygen atoms in total. The summed E-state index contributed by atoms with van der Waals surface area (Å²) in [6.45, 7) is 2.30. The van der Waals surface area contributed by atoms with Gasteiger partial charge in [-0.2, -0.15) is 0 Å².